The summed E-state index contributed by atoms with van der Waals surface area (Å²) in [4.78, 5) is 20.2. The van der Waals surface area contributed by atoms with Gasteiger partial charge in [-0.05, 0) is 66.1 Å². The zero-order valence-electron chi connectivity index (χ0n) is 19.6. The molecule has 1 atom stereocenters. The molecule has 2 N–H and O–H groups in total. The largest absolute Gasteiger partial charge is 0.434 e. The number of nitrogens with zero attached hydrogens (tertiary/aromatic N) is 6. The Kier molecular flexibility index (Phi) is 4.93. The van der Waals surface area contributed by atoms with Crippen molar-refractivity contribution in [3.8, 4) is 0 Å². The highest BCUT2D eigenvalue weighted by Crippen LogP contribution is 2.51. The zero-order chi connectivity index (χ0) is 25.4. The van der Waals surface area contributed by atoms with Crippen molar-refractivity contribution in [3.63, 3.8) is 0 Å². The van der Waals surface area contributed by atoms with E-state index in [1.807, 2.05) is 22.9 Å². The average molecular weight is 522 g/mol. The SMILES string of the molecule is N[C@@H]1c2cnccc2CC12CCN(c1nc3ccc(Sc4cccnc4C(F)(F)F)c4ncc1n34)CC2. The topological polar surface area (TPSA) is 85.2 Å². The van der Waals surface area contributed by atoms with Gasteiger partial charge in [-0.15, -0.1) is 0 Å². The number of hydrogen-bond acceptors (Lipinski definition) is 7. The maximum Gasteiger partial charge on any atom is 0.434 e. The van der Waals surface area contributed by atoms with E-state index in [1.165, 1.54) is 17.7 Å². The van der Waals surface area contributed by atoms with Gasteiger partial charge in [-0.2, -0.15) is 13.2 Å². The summed E-state index contributed by atoms with van der Waals surface area (Å²) in [6.45, 7) is 1.64. The third kappa shape index (κ3) is 3.47. The van der Waals surface area contributed by atoms with Gasteiger partial charge in [0.2, 0.25) is 0 Å². The van der Waals surface area contributed by atoms with Crippen LogP contribution in [0.1, 0.15) is 35.7 Å². The number of hydrogen-bond donors (Lipinski definition) is 1. The normalized spacial score (nSPS) is 19.4. The Morgan fingerprint density at radius 1 is 1.00 bits per heavy atom. The fourth-order valence-corrected chi connectivity index (χ4v) is 6.95. The number of pyridine rings is 3. The second-order valence-corrected chi connectivity index (χ2v) is 10.9. The van der Waals surface area contributed by atoms with Gasteiger partial charge in [0.25, 0.3) is 0 Å². The fraction of sp³-hybridized carbons (Fsp3) is 0.308. The molecule has 5 aromatic heterocycles. The van der Waals surface area contributed by atoms with E-state index in [0.29, 0.717) is 10.5 Å². The van der Waals surface area contributed by atoms with Crippen LogP contribution in [0, 0.1) is 5.41 Å². The van der Waals surface area contributed by atoms with Crippen molar-refractivity contribution in [2.24, 2.45) is 11.1 Å². The van der Waals surface area contributed by atoms with Gasteiger partial charge in [0, 0.05) is 42.6 Å². The molecule has 37 heavy (non-hydrogen) atoms. The third-order valence-electron chi connectivity index (χ3n) is 7.85. The Labute approximate surface area is 214 Å². The van der Waals surface area contributed by atoms with Crippen LogP contribution in [0.15, 0.2) is 64.9 Å². The Hall–Kier alpha value is -3.44. The van der Waals surface area contributed by atoms with E-state index in [-0.39, 0.29) is 16.4 Å². The maximum atomic E-state index is 13.5. The molecule has 7 nitrogen and oxygen atoms in total. The van der Waals surface area contributed by atoms with E-state index in [4.69, 9.17) is 10.7 Å². The summed E-state index contributed by atoms with van der Waals surface area (Å²) in [5.41, 5.74) is 10.5. The lowest BCUT2D eigenvalue weighted by Crippen LogP contribution is -2.44. The standard InChI is InChI=1S/C26H22F3N7S/c27-26(28,29)22-18(2-1-8-32-22)37-19-3-4-20-34-23(17-14-33-24(19)36(17)20)35-10-6-25(7-11-35)12-15-5-9-31-13-16(15)21(25)30/h1-5,8-9,13-14,21H,6-7,10-12,30H2/t21-/m1/s1. The number of piperidine rings is 1. The summed E-state index contributed by atoms with van der Waals surface area (Å²) in [6, 6.07) is 8.61. The molecule has 0 radical (unpaired) electrons. The first kappa shape index (κ1) is 22.7. The third-order valence-corrected chi connectivity index (χ3v) is 8.93. The average Bonchev–Trinajstić information content (AvgIpc) is 3.56. The molecule has 5 aromatic rings. The van der Waals surface area contributed by atoms with Crippen molar-refractivity contribution >= 4 is 34.4 Å². The number of aromatic nitrogens is 5. The van der Waals surface area contributed by atoms with Crippen LogP contribution in [0.3, 0.4) is 0 Å². The van der Waals surface area contributed by atoms with Crippen molar-refractivity contribution < 1.29 is 13.2 Å². The number of anilines is 1. The molecule has 1 fully saturated rings. The van der Waals surface area contributed by atoms with Gasteiger partial charge in [0.15, 0.2) is 17.2 Å². The van der Waals surface area contributed by atoms with Gasteiger partial charge < -0.3 is 10.6 Å². The summed E-state index contributed by atoms with van der Waals surface area (Å²) in [5, 5.41) is 0. The summed E-state index contributed by atoms with van der Waals surface area (Å²) in [5.74, 6) is 0.850. The van der Waals surface area contributed by atoms with Crippen LogP contribution in [-0.4, -0.2) is 37.4 Å². The Bertz CT molecular complexity index is 1620. The molecule has 0 amide bonds. The van der Waals surface area contributed by atoms with Crippen LogP contribution < -0.4 is 10.6 Å². The Morgan fingerprint density at radius 3 is 2.62 bits per heavy atom. The fourth-order valence-electron chi connectivity index (χ4n) is 5.93. The Morgan fingerprint density at radius 2 is 1.84 bits per heavy atom. The molecule has 0 saturated carbocycles. The van der Waals surface area contributed by atoms with E-state index in [1.54, 1.807) is 12.3 Å². The molecule has 11 heteroatoms. The lowest BCUT2D eigenvalue weighted by atomic mass is 9.73. The molecule has 188 valence electrons. The molecular weight excluding hydrogens is 499 g/mol. The molecular formula is C26H22F3N7S. The van der Waals surface area contributed by atoms with E-state index >= 15 is 0 Å². The molecule has 6 heterocycles. The number of fused-ring (bicyclic) bond motifs is 1. The summed E-state index contributed by atoms with van der Waals surface area (Å²) >= 11 is 1.01. The molecule has 1 saturated heterocycles. The zero-order valence-corrected chi connectivity index (χ0v) is 20.4. The van der Waals surface area contributed by atoms with E-state index in [9.17, 15) is 13.2 Å². The van der Waals surface area contributed by atoms with Crippen molar-refractivity contribution in [2.45, 2.75) is 41.3 Å². The summed E-state index contributed by atoms with van der Waals surface area (Å²) < 4.78 is 42.4. The van der Waals surface area contributed by atoms with Crippen molar-refractivity contribution in [3.05, 3.63) is 71.9 Å². The minimum atomic E-state index is -4.53. The lowest BCUT2D eigenvalue weighted by molar-refractivity contribution is -0.143. The van der Waals surface area contributed by atoms with E-state index < -0.39 is 11.9 Å². The minimum Gasteiger partial charge on any atom is -0.355 e. The van der Waals surface area contributed by atoms with Crippen LogP contribution in [0.5, 0.6) is 0 Å². The predicted molar refractivity (Wildman–Crippen MR) is 134 cm³/mol. The highest BCUT2D eigenvalue weighted by Gasteiger charge is 2.46. The van der Waals surface area contributed by atoms with E-state index in [2.05, 4.69) is 25.9 Å². The highest BCUT2D eigenvalue weighted by atomic mass is 32.2. The minimum absolute atomic E-state index is 0.0172. The number of imidazole rings is 2. The van der Waals surface area contributed by atoms with Gasteiger partial charge in [0.05, 0.1) is 11.1 Å². The van der Waals surface area contributed by atoms with Crippen LogP contribution in [0.2, 0.25) is 0 Å². The van der Waals surface area contributed by atoms with Crippen LogP contribution in [-0.2, 0) is 12.6 Å². The maximum absolute atomic E-state index is 13.5. The van der Waals surface area contributed by atoms with Gasteiger partial charge in [0.1, 0.15) is 11.2 Å². The molecule has 1 aliphatic carbocycles. The van der Waals surface area contributed by atoms with Crippen LogP contribution in [0.4, 0.5) is 19.0 Å². The van der Waals surface area contributed by atoms with Gasteiger partial charge in [-0.1, -0.05) is 11.8 Å². The molecule has 7 rings (SSSR count). The molecule has 2 aliphatic rings. The highest BCUT2D eigenvalue weighted by molar-refractivity contribution is 7.99. The smallest absolute Gasteiger partial charge is 0.355 e. The second-order valence-electron chi connectivity index (χ2n) is 9.82. The second kappa shape index (κ2) is 8.03. The predicted octanol–water partition coefficient (Wildman–Crippen LogP) is 5.12. The van der Waals surface area contributed by atoms with Crippen LogP contribution in [0.25, 0.3) is 16.8 Å². The van der Waals surface area contributed by atoms with Gasteiger partial charge >= 0.3 is 6.18 Å². The Balaban J connectivity index is 1.18. The van der Waals surface area contributed by atoms with E-state index in [0.717, 1.165) is 72.9 Å². The number of nitrogens with two attached hydrogens (primary N) is 1. The van der Waals surface area contributed by atoms with Gasteiger partial charge in [-0.25, -0.2) is 9.97 Å². The molecule has 1 aliphatic heterocycles. The first-order valence-electron chi connectivity index (χ1n) is 12.1. The number of rotatable bonds is 3. The summed E-state index contributed by atoms with van der Waals surface area (Å²) in [6.07, 6.45) is 4.99. The quantitative estimate of drug-likeness (QED) is 0.353. The van der Waals surface area contributed by atoms with Crippen molar-refractivity contribution in [2.75, 3.05) is 18.0 Å². The number of alkyl halides is 3. The first-order valence-corrected chi connectivity index (χ1v) is 12.9. The first-order chi connectivity index (χ1) is 17.8. The van der Waals surface area contributed by atoms with Crippen molar-refractivity contribution in [1.82, 2.24) is 24.3 Å². The monoisotopic (exact) mass is 521 g/mol. The molecule has 0 aromatic carbocycles. The lowest BCUT2D eigenvalue weighted by Gasteiger charge is -2.42. The summed E-state index contributed by atoms with van der Waals surface area (Å²) in [7, 11) is 0. The molecule has 0 unspecified atom stereocenters. The van der Waals surface area contributed by atoms with Crippen LogP contribution >= 0.6 is 11.8 Å². The molecule has 0 bridgehead atoms. The van der Waals surface area contributed by atoms with Gasteiger partial charge in [-0.3, -0.25) is 14.4 Å². The van der Waals surface area contributed by atoms with Crippen molar-refractivity contribution in [1.29, 1.82) is 0 Å². The number of halogens is 3. The molecule has 1 spiro atoms.